The van der Waals surface area contributed by atoms with Gasteiger partial charge in [-0.3, -0.25) is 19.3 Å². The first-order valence-electron chi connectivity index (χ1n) is 8.98. The van der Waals surface area contributed by atoms with Gasteiger partial charge in [-0.25, -0.2) is 4.79 Å². The Morgan fingerprint density at radius 1 is 1.12 bits per heavy atom. The minimum atomic E-state index is -0.509. The Balaban J connectivity index is 1.58. The van der Waals surface area contributed by atoms with Crippen LogP contribution in [0.2, 0.25) is 0 Å². The van der Waals surface area contributed by atoms with Crippen molar-refractivity contribution in [2.24, 2.45) is 5.92 Å². The fraction of sp³-hybridized carbons (Fsp3) is 0.474. The number of benzene rings is 1. The maximum Gasteiger partial charge on any atom is 0.325 e. The summed E-state index contributed by atoms with van der Waals surface area (Å²) in [7, 11) is 0. The van der Waals surface area contributed by atoms with Crippen molar-refractivity contribution in [1.82, 2.24) is 10.2 Å². The lowest BCUT2D eigenvalue weighted by Gasteiger charge is -2.25. The summed E-state index contributed by atoms with van der Waals surface area (Å²) in [5.41, 5.74) is 1.06. The minimum Gasteiger partial charge on any atom is -0.326 e. The van der Waals surface area contributed by atoms with Gasteiger partial charge in [0.1, 0.15) is 12.6 Å². The molecule has 7 heteroatoms. The molecule has 0 spiro atoms. The van der Waals surface area contributed by atoms with E-state index in [0.717, 1.165) is 30.6 Å². The number of urea groups is 1. The number of carbonyl (C=O) groups excluding carboxylic acids is 4. The highest BCUT2D eigenvalue weighted by Gasteiger charge is 2.43. The van der Waals surface area contributed by atoms with E-state index < -0.39 is 18.0 Å². The topological polar surface area (TPSA) is 95.6 Å². The third kappa shape index (κ3) is 3.92. The predicted molar refractivity (Wildman–Crippen MR) is 95.7 cm³/mol. The van der Waals surface area contributed by atoms with Gasteiger partial charge in [-0.1, -0.05) is 19.3 Å². The Labute approximate surface area is 152 Å². The number of amides is 4. The average Bonchev–Trinajstić information content (AvgIpc) is 2.91. The third-order valence-corrected chi connectivity index (χ3v) is 5.05. The van der Waals surface area contributed by atoms with Crippen LogP contribution in [0.4, 0.5) is 10.5 Å². The molecule has 1 saturated carbocycles. The van der Waals surface area contributed by atoms with Crippen LogP contribution in [0.5, 0.6) is 0 Å². The number of Topliss-reactive ketones (excluding diaryl/α,β-unsaturated/α-hetero) is 1. The summed E-state index contributed by atoms with van der Waals surface area (Å²) in [6, 6.07) is 5.45. The van der Waals surface area contributed by atoms with E-state index in [-0.39, 0.29) is 24.2 Å². The van der Waals surface area contributed by atoms with Gasteiger partial charge in [-0.2, -0.15) is 0 Å². The van der Waals surface area contributed by atoms with E-state index in [4.69, 9.17) is 0 Å². The highest BCUT2D eigenvalue weighted by Crippen LogP contribution is 2.29. The summed E-state index contributed by atoms with van der Waals surface area (Å²) >= 11 is 0. The molecule has 138 valence electrons. The Morgan fingerprint density at radius 3 is 2.38 bits per heavy atom. The summed E-state index contributed by atoms with van der Waals surface area (Å²) in [6.45, 7) is 1.15. The third-order valence-electron chi connectivity index (χ3n) is 5.05. The maximum absolute atomic E-state index is 12.5. The fourth-order valence-electron chi connectivity index (χ4n) is 3.61. The standard InChI is InChI=1S/C19H23N3O4/c1-12(23)13-7-9-15(10-8-13)20-16(24)11-22-18(25)17(21-19(22)26)14-5-3-2-4-6-14/h7-10,14,17H,2-6,11H2,1H3,(H,20,24)(H,21,26)/t17-/m1/s1. The van der Waals surface area contributed by atoms with Crippen molar-refractivity contribution in [1.29, 1.82) is 0 Å². The van der Waals surface area contributed by atoms with Crippen LogP contribution in [0.3, 0.4) is 0 Å². The highest BCUT2D eigenvalue weighted by molar-refractivity contribution is 6.08. The van der Waals surface area contributed by atoms with Crippen molar-refractivity contribution in [2.45, 2.75) is 45.1 Å². The number of carbonyl (C=O) groups is 4. The molecule has 1 saturated heterocycles. The first-order valence-corrected chi connectivity index (χ1v) is 8.98. The number of nitrogens with zero attached hydrogens (tertiary/aromatic N) is 1. The molecule has 1 aromatic carbocycles. The minimum absolute atomic E-state index is 0.0593. The Hall–Kier alpha value is -2.70. The van der Waals surface area contributed by atoms with Crippen molar-refractivity contribution in [3.8, 4) is 0 Å². The monoisotopic (exact) mass is 357 g/mol. The summed E-state index contributed by atoms with van der Waals surface area (Å²) in [6.07, 6.45) is 5.17. The van der Waals surface area contributed by atoms with Crippen LogP contribution < -0.4 is 10.6 Å². The lowest BCUT2D eigenvalue weighted by Crippen LogP contribution is -2.40. The van der Waals surface area contributed by atoms with E-state index in [2.05, 4.69) is 10.6 Å². The maximum atomic E-state index is 12.5. The number of hydrogen-bond acceptors (Lipinski definition) is 4. The van der Waals surface area contributed by atoms with Crippen molar-refractivity contribution in [3.05, 3.63) is 29.8 Å². The number of imide groups is 1. The Bertz CT molecular complexity index is 723. The normalized spacial score (nSPS) is 20.8. The van der Waals surface area contributed by atoms with Crippen LogP contribution in [-0.2, 0) is 9.59 Å². The molecule has 0 unspecified atom stereocenters. The van der Waals surface area contributed by atoms with Gasteiger partial charge in [0.15, 0.2) is 5.78 Å². The first kappa shape index (κ1) is 18.1. The Kier molecular flexibility index (Phi) is 5.35. The van der Waals surface area contributed by atoms with E-state index in [1.54, 1.807) is 24.3 Å². The van der Waals surface area contributed by atoms with Crippen LogP contribution >= 0.6 is 0 Å². The SMILES string of the molecule is CC(=O)c1ccc(NC(=O)CN2C(=O)N[C@H](C3CCCCC3)C2=O)cc1. The van der Waals surface area contributed by atoms with Gasteiger partial charge < -0.3 is 10.6 Å². The number of hydrogen-bond donors (Lipinski definition) is 2. The smallest absolute Gasteiger partial charge is 0.325 e. The molecule has 7 nitrogen and oxygen atoms in total. The molecule has 1 aromatic rings. The highest BCUT2D eigenvalue weighted by atomic mass is 16.2. The quantitative estimate of drug-likeness (QED) is 0.624. The van der Waals surface area contributed by atoms with Crippen molar-refractivity contribution in [2.75, 3.05) is 11.9 Å². The van der Waals surface area contributed by atoms with Crippen LogP contribution in [-0.4, -0.2) is 41.1 Å². The average molecular weight is 357 g/mol. The van der Waals surface area contributed by atoms with E-state index in [9.17, 15) is 19.2 Å². The summed E-state index contributed by atoms with van der Waals surface area (Å²) in [4.78, 5) is 49.1. The second kappa shape index (κ2) is 7.68. The molecular weight excluding hydrogens is 334 g/mol. The second-order valence-corrected chi connectivity index (χ2v) is 6.93. The molecule has 2 aliphatic rings. The first-order chi connectivity index (χ1) is 12.5. The van der Waals surface area contributed by atoms with Crippen molar-refractivity contribution >= 4 is 29.3 Å². The van der Waals surface area contributed by atoms with E-state index in [0.29, 0.717) is 11.3 Å². The van der Waals surface area contributed by atoms with E-state index in [1.165, 1.54) is 13.3 Å². The number of anilines is 1. The molecule has 0 aromatic heterocycles. The van der Waals surface area contributed by atoms with Crippen LogP contribution in [0, 0.1) is 5.92 Å². The van der Waals surface area contributed by atoms with Gasteiger partial charge in [-0.05, 0) is 49.9 Å². The molecule has 1 atom stereocenters. The molecule has 1 aliphatic carbocycles. The van der Waals surface area contributed by atoms with Crippen LogP contribution in [0.25, 0.3) is 0 Å². The second-order valence-electron chi connectivity index (χ2n) is 6.93. The van der Waals surface area contributed by atoms with Crippen LogP contribution in [0.15, 0.2) is 24.3 Å². The Morgan fingerprint density at radius 2 is 1.77 bits per heavy atom. The molecular formula is C19H23N3O4. The lowest BCUT2D eigenvalue weighted by molar-refractivity contribution is -0.131. The number of ketones is 1. The zero-order valence-corrected chi connectivity index (χ0v) is 14.8. The predicted octanol–water partition coefficient (Wildman–Crippen LogP) is 2.33. The summed E-state index contributed by atoms with van der Waals surface area (Å²) in [5.74, 6) is -0.666. The molecule has 1 heterocycles. The van der Waals surface area contributed by atoms with Gasteiger partial charge in [0.2, 0.25) is 5.91 Å². The van der Waals surface area contributed by atoms with Crippen molar-refractivity contribution in [3.63, 3.8) is 0 Å². The van der Waals surface area contributed by atoms with Crippen LogP contribution in [0.1, 0.15) is 49.4 Å². The van der Waals surface area contributed by atoms with Gasteiger partial charge >= 0.3 is 6.03 Å². The number of nitrogens with one attached hydrogen (secondary N) is 2. The van der Waals surface area contributed by atoms with Gasteiger partial charge in [0.05, 0.1) is 0 Å². The molecule has 0 bridgehead atoms. The molecule has 3 rings (SSSR count). The zero-order chi connectivity index (χ0) is 18.7. The fourth-order valence-corrected chi connectivity index (χ4v) is 3.61. The lowest BCUT2D eigenvalue weighted by atomic mass is 9.84. The van der Waals surface area contributed by atoms with E-state index >= 15 is 0 Å². The largest absolute Gasteiger partial charge is 0.326 e. The zero-order valence-electron chi connectivity index (χ0n) is 14.8. The van der Waals surface area contributed by atoms with Gasteiger partial charge in [-0.15, -0.1) is 0 Å². The molecule has 4 amide bonds. The molecule has 2 fully saturated rings. The molecule has 1 aliphatic heterocycles. The molecule has 26 heavy (non-hydrogen) atoms. The number of rotatable bonds is 5. The van der Waals surface area contributed by atoms with Gasteiger partial charge in [0.25, 0.3) is 5.91 Å². The van der Waals surface area contributed by atoms with Gasteiger partial charge in [0, 0.05) is 11.3 Å². The van der Waals surface area contributed by atoms with E-state index in [1.807, 2.05) is 0 Å². The summed E-state index contributed by atoms with van der Waals surface area (Å²) in [5, 5.41) is 5.38. The molecule has 2 N–H and O–H groups in total. The summed E-state index contributed by atoms with van der Waals surface area (Å²) < 4.78 is 0. The van der Waals surface area contributed by atoms with Crippen molar-refractivity contribution < 1.29 is 19.2 Å². The molecule has 0 radical (unpaired) electrons.